The molecule has 1 aliphatic heterocycles. The van der Waals surface area contributed by atoms with Crippen LogP contribution in [0.4, 0.5) is 10.5 Å². The van der Waals surface area contributed by atoms with Crippen LogP contribution in [-0.2, 0) is 16.1 Å². The summed E-state index contributed by atoms with van der Waals surface area (Å²) in [4.78, 5) is 31.3. The topological polar surface area (TPSA) is 105 Å². The highest BCUT2D eigenvalue weighted by Gasteiger charge is 2.35. The van der Waals surface area contributed by atoms with Gasteiger partial charge in [-0.15, -0.1) is 0 Å². The van der Waals surface area contributed by atoms with Crippen molar-refractivity contribution in [1.82, 2.24) is 9.88 Å². The Kier molecular flexibility index (Phi) is 5.86. The number of aromatic nitrogens is 1. The number of rotatable bonds is 5. The van der Waals surface area contributed by atoms with Gasteiger partial charge in [0.1, 0.15) is 23.9 Å². The molecule has 172 valence electrons. The molecule has 8 nitrogen and oxygen atoms in total. The highest BCUT2D eigenvalue weighted by molar-refractivity contribution is 5.97. The van der Waals surface area contributed by atoms with Crippen LogP contribution in [0.2, 0.25) is 0 Å². The minimum absolute atomic E-state index is 0.0742. The van der Waals surface area contributed by atoms with Gasteiger partial charge < -0.3 is 19.6 Å². The first-order chi connectivity index (χ1) is 16.6. The lowest BCUT2D eigenvalue weighted by Crippen LogP contribution is -2.43. The third-order valence-corrected chi connectivity index (χ3v) is 5.78. The number of phenols is 1. The molecule has 0 aliphatic carbocycles. The Bertz CT molecular complexity index is 1300. The van der Waals surface area contributed by atoms with Crippen molar-refractivity contribution in [3.05, 3.63) is 78.4 Å². The van der Waals surface area contributed by atoms with Crippen molar-refractivity contribution in [3.8, 4) is 17.2 Å². The van der Waals surface area contributed by atoms with Crippen molar-refractivity contribution in [2.45, 2.75) is 25.5 Å². The van der Waals surface area contributed by atoms with Gasteiger partial charge in [-0.05, 0) is 42.7 Å². The van der Waals surface area contributed by atoms with E-state index in [1.54, 1.807) is 18.2 Å². The Morgan fingerprint density at radius 2 is 1.88 bits per heavy atom. The third kappa shape index (κ3) is 4.43. The van der Waals surface area contributed by atoms with E-state index in [-0.39, 0.29) is 18.3 Å². The van der Waals surface area contributed by atoms with Crippen LogP contribution in [0.1, 0.15) is 18.4 Å². The highest BCUT2D eigenvalue weighted by atomic mass is 16.6. The molecule has 2 amide bonds. The summed E-state index contributed by atoms with van der Waals surface area (Å²) >= 11 is 0. The van der Waals surface area contributed by atoms with Crippen molar-refractivity contribution < 1.29 is 23.8 Å². The van der Waals surface area contributed by atoms with Crippen LogP contribution in [0.15, 0.2) is 77.2 Å². The number of para-hydroxylation sites is 2. The van der Waals surface area contributed by atoms with Gasteiger partial charge in [0.25, 0.3) is 0 Å². The first kappa shape index (κ1) is 21.5. The Hall–Kier alpha value is -4.33. The number of fused-ring (bicyclic) bond motifs is 1. The second-order valence-electron chi connectivity index (χ2n) is 8.10. The number of benzene rings is 3. The SMILES string of the molecule is O=C(Nc1ccc(-c2nc3ccccc3o2)c(O)c1)C1CCCN1C(=O)OCc1ccccc1. The molecule has 2 N–H and O–H groups in total. The van der Waals surface area contributed by atoms with E-state index in [1.807, 2.05) is 48.5 Å². The summed E-state index contributed by atoms with van der Waals surface area (Å²) in [6, 6.07) is 20.8. The lowest BCUT2D eigenvalue weighted by atomic mass is 10.1. The Labute approximate surface area is 195 Å². The largest absolute Gasteiger partial charge is 0.507 e. The molecule has 1 aliphatic rings. The number of ether oxygens (including phenoxy) is 1. The standard InChI is InChI=1S/C26H23N3O5/c30-22-15-18(12-13-19(22)25-28-20-9-4-5-11-23(20)34-25)27-24(31)21-10-6-14-29(21)26(32)33-16-17-7-2-1-3-8-17/h1-5,7-9,11-13,15,21,30H,6,10,14,16H2,(H,27,31). The molecule has 34 heavy (non-hydrogen) atoms. The molecular weight excluding hydrogens is 434 g/mol. The summed E-state index contributed by atoms with van der Waals surface area (Å²) in [5, 5.41) is 13.3. The molecule has 0 radical (unpaired) electrons. The van der Waals surface area contributed by atoms with Gasteiger partial charge in [0.2, 0.25) is 11.8 Å². The molecule has 1 saturated heterocycles. The van der Waals surface area contributed by atoms with Crippen molar-refractivity contribution >= 4 is 28.8 Å². The van der Waals surface area contributed by atoms with Crippen LogP contribution in [-0.4, -0.2) is 39.6 Å². The fraction of sp³-hybridized carbons (Fsp3) is 0.192. The number of oxazole rings is 1. The molecule has 8 heteroatoms. The van der Waals surface area contributed by atoms with E-state index in [1.165, 1.54) is 11.0 Å². The molecular formula is C26H23N3O5. The Morgan fingerprint density at radius 3 is 2.68 bits per heavy atom. The first-order valence-corrected chi connectivity index (χ1v) is 11.1. The van der Waals surface area contributed by atoms with Crippen LogP contribution in [0, 0.1) is 0 Å². The van der Waals surface area contributed by atoms with E-state index in [0.717, 1.165) is 5.56 Å². The Morgan fingerprint density at radius 1 is 1.09 bits per heavy atom. The van der Waals surface area contributed by atoms with Crippen LogP contribution in [0.25, 0.3) is 22.6 Å². The first-order valence-electron chi connectivity index (χ1n) is 11.1. The van der Waals surface area contributed by atoms with E-state index in [9.17, 15) is 14.7 Å². The fourth-order valence-electron chi connectivity index (χ4n) is 4.06. The lowest BCUT2D eigenvalue weighted by molar-refractivity contribution is -0.120. The Balaban J connectivity index is 1.25. The van der Waals surface area contributed by atoms with Crippen molar-refractivity contribution in [1.29, 1.82) is 0 Å². The number of hydrogen-bond donors (Lipinski definition) is 2. The lowest BCUT2D eigenvalue weighted by Gasteiger charge is -2.23. The predicted octanol–water partition coefficient (Wildman–Crippen LogP) is 4.94. The summed E-state index contributed by atoms with van der Waals surface area (Å²) in [5.41, 5.74) is 3.02. The quantitative estimate of drug-likeness (QED) is 0.440. The van der Waals surface area contributed by atoms with Gasteiger partial charge >= 0.3 is 6.09 Å². The van der Waals surface area contributed by atoms with Gasteiger partial charge in [-0.3, -0.25) is 9.69 Å². The molecule has 3 aromatic carbocycles. The van der Waals surface area contributed by atoms with E-state index in [0.29, 0.717) is 47.6 Å². The molecule has 0 saturated carbocycles. The highest BCUT2D eigenvalue weighted by Crippen LogP contribution is 2.33. The minimum Gasteiger partial charge on any atom is -0.507 e. The summed E-state index contributed by atoms with van der Waals surface area (Å²) < 4.78 is 11.1. The maximum atomic E-state index is 12.9. The van der Waals surface area contributed by atoms with E-state index < -0.39 is 12.1 Å². The summed E-state index contributed by atoms with van der Waals surface area (Å²) in [6.07, 6.45) is 0.732. The monoisotopic (exact) mass is 457 g/mol. The van der Waals surface area contributed by atoms with Crippen LogP contribution >= 0.6 is 0 Å². The van der Waals surface area contributed by atoms with Crippen LogP contribution < -0.4 is 5.32 Å². The number of amides is 2. The zero-order chi connectivity index (χ0) is 23.5. The number of phenolic OH excluding ortho intramolecular Hbond substituents is 1. The summed E-state index contributed by atoms with van der Waals surface area (Å²) in [5.74, 6) is -0.113. The number of hydrogen-bond acceptors (Lipinski definition) is 6. The van der Waals surface area contributed by atoms with Gasteiger partial charge in [-0.1, -0.05) is 42.5 Å². The molecule has 2 heterocycles. The molecule has 0 bridgehead atoms. The molecule has 1 unspecified atom stereocenters. The molecule has 5 rings (SSSR count). The number of carbonyl (C=O) groups is 2. The molecule has 0 spiro atoms. The number of likely N-dealkylation sites (tertiary alicyclic amines) is 1. The molecule has 1 aromatic heterocycles. The molecule has 1 atom stereocenters. The maximum absolute atomic E-state index is 12.9. The van der Waals surface area contributed by atoms with Gasteiger partial charge in [0, 0.05) is 18.3 Å². The zero-order valence-corrected chi connectivity index (χ0v) is 18.3. The van der Waals surface area contributed by atoms with Crippen LogP contribution in [0.3, 0.4) is 0 Å². The average Bonchev–Trinajstić information content (AvgIpc) is 3.51. The van der Waals surface area contributed by atoms with Gasteiger partial charge in [0.05, 0.1) is 5.56 Å². The summed E-state index contributed by atoms with van der Waals surface area (Å²) in [6.45, 7) is 0.600. The number of nitrogens with one attached hydrogen (secondary N) is 1. The third-order valence-electron chi connectivity index (χ3n) is 5.78. The summed E-state index contributed by atoms with van der Waals surface area (Å²) in [7, 11) is 0. The predicted molar refractivity (Wildman–Crippen MR) is 126 cm³/mol. The minimum atomic E-state index is -0.637. The number of nitrogens with zero attached hydrogens (tertiary/aromatic N) is 2. The van der Waals surface area contributed by atoms with E-state index in [4.69, 9.17) is 9.15 Å². The molecule has 4 aromatic rings. The smallest absolute Gasteiger partial charge is 0.410 e. The van der Waals surface area contributed by atoms with Gasteiger partial charge in [0.15, 0.2) is 5.58 Å². The van der Waals surface area contributed by atoms with Gasteiger partial charge in [-0.2, -0.15) is 0 Å². The normalized spacial score (nSPS) is 15.4. The van der Waals surface area contributed by atoms with E-state index in [2.05, 4.69) is 10.3 Å². The second-order valence-corrected chi connectivity index (χ2v) is 8.10. The van der Waals surface area contributed by atoms with Crippen molar-refractivity contribution in [2.75, 3.05) is 11.9 Å². The van der Waals surface area contributed by atoms with Crippen molar-refractivity contribution in [3.63, 3.8) is 0 Å². The van der Waals surface area contributed by atoms with E-state index >= 15 is 0 Å². The second kappa shape index (κ2) is 9.27. The number of carbonyl (C=O) groups excluding carboxylic acids is 2. The maximum Gasteiger partial charge on any atom is 0.410 e. The average molecular weight is 457 g/mol. The number of aromatic hydroxyl groups is 1. The zero-order valence-electron chi connectivity index (χ0n) is 18.3. The van der Waals surface area contributed by atoms with Gasteiger partial charge in [-0.25, -0.2) is 9.78 Å². The molecule has 1 fully saturated rings. The number of anilines is 1. The van der Waals surface area contributed by atoms with Crippen molar-refractivity contribution in [2.24, 2.45) is 0 Å². The fourth-order valence-corrected chi connectivity index (χ4v) is 4.06. The van der Waals surface area contributed by atoms with Crippen LogP contribution in [0.5, 0.6) is 5.75 Å².